The van der Waals surface area contributed by atoms with Gasteiger partial charge in [0, 0.05) is 45.0 Å². The van der Waals surface area contributed by atoms with E-state index in [-0.39, 0.29) is 29.7 Å². The van der Waals surface area contributed by atoms with Crippen molar-refractivity contribution in [2.24, 2.45) is 16.7 Å². The summed E-state index contributed by atoms with van der Waals surface area (Å²) >= 11 is 0. The van der Waals surface area contributed by atoms with Gasteiger partial charge in [0.2, 0.25) is 0 Å². The Balaban J connectivity index is 1.48. The number of benzene rings is 2. The normalized spacial score (nSPS) is 32.6. The van der Waals surface area contributed by atoms with Crippen molar-refractivity contribution < 1.29 is 68.1 Å². The summed E-state index contributed by atoms with van der Waals surface area (Å²) in [5.41, 5.74) is -7.41. The lowest BCUT2D eigenvalue weighted by molar-refractivity contribution is -0.346. The summed E-state index contributed by atoms with van der Waals surface area (Å²) in [6, 6.07) is 13.1. The van der Waals surface area contributed by atoms with Gasteiger partial charge in [0.1, 0.15) is 35.6 Å². The highest BCUT2D eigenvalue weighted by atomic mass is 16.6. The molecule has 16 heteroatoms. The number of Topliss-reactive ketones (excluding diaryl/α,β-unsaturated/α-hetero) is 1. The molecule has 3 fully saturated rings. The zero-order valence-corrected chi connectivity index (χ0v) is 36.3. The Labute approximate surface area is 355 Å². The van der Waals surface area contributed by atoms with E-state index in [0.717, 1.165) is 12.6 Å². The molecule has 16 nitrogen and oxygen atoms in total. The number of amides is 1. The molecule has 6 rings (SSSR count). The predicted molar refractivity (Wildman–Crippen MR) is 218 cm³/mol. The van der Waals surface area contributed by atoms with E-state index in [1.54, 1.807) is 77.1 Å². The predicted octanol–water partition coefficient (Wildman–Crippen LogP) is 3.33. The van der Waals surface area contributed by atoms with Crippen molar-refractivity contribution in [3.8, 4) is 0 Å². The van der Waals surface area contributed by atoms with E-state index in [2.05, 4.69) is 5.32 Å². The highest BCUT2D eigenvalue weighted by Crippen LogP contribution is 2.64. The largest absolute Gasteiger partial charge is 0.456 e. The van der Waals surface area contributed by atoms with Gasteiger partial charge in [-0.1, -0.05) is 44.2 Å². The number of alkyl carbamates (subject to hydrolysis) is 1. The molecule has 2 aromatic rings. The maximum atomic E-state index is 15.0. The molecule has 5 N–H and O–H groups in total. The second-order valence-electron chi connectivity index (χ2n) is 18.6. The molecule has 332 valence electrons. The summed E-state index contributed by atoms with van der Waals surface area (Å²) < 4.78 is 29.7. The zero-order valence-electron chi connectivity index (χ0n) is 36.3. The highest BCUT2D eigenvalue weighted by molar-refractivity contribution is 5.94. The van der Waals surface area contributed by atoms with Gasteiger partial charge in [-0.3, -0.25) is 9.59 Å². The molecule has 0 radical (unpaired) electrons. The Morgan fingerprint density at radius 1 is 0.967 bits per heavy atom. The fourth-order valence-corrected chi connectivity index (χ4v) is 9.88. The quantitative estimate of drug-likeness (QED) is 0.139. The van der Waals surface area contributed by atoms with Crippen LogP contribution in [0.4, 0.5) is 10.5 Å². The van der Waals surface area contributed by atoms with Crippen LogP contribution in [0.1, 0.15) is 90.2 Å². The number of nitrogens with one attached hydrogen (secondary N) is 1. The van der Waals surface area contributed by atoms with Gasteiger partial charge in [-0.05, 0) is 75.6 Å². The minimum Gasteiger partial charge on any atom is -0.456 e. The minimum absolute atomic E-state index is 0.0672. The average molecular weight is 851 g/mol. The Morgan fingerprint density at radius 3 is 2.13 bits per heavy atom. The fourth-order valence-electron chi connectivity index (χ4n) is 9.88. The van der Waals surface area contributed by atoms with Gasteiger partial charge in [0.25, 0.3) is 0 Å². The van der Waals surface area contributed by atoms with Gasteiger partial charge in [-0.2, -0.15) is 0 Å². The average Bonchev–Trinajstić information content (AvgIpc) is 3.17. The van der Waals surface area contributed by atoms with Crippen LogP contribution in [0.15, 0.2) is 65.7 Å². The van der Waals surface area contributed by atoms with Crippen LogP contribution >= 0.6 is 0 Å². The first-order chi connectivity index (χ1) is 28.3. The number of carbonyl (C=O) groups excluding carboxylic acids is 5. The monoisotopic (exact) mass is 850 g/mol. The Kier molecular flexibility index (Phi) is 12.1. The SMILES string of the molecule is CC(=O)O[C@@]12CO[C@@H]1C[C@H](O)[C@@]1(C)C(=O)[C@H](O)C3=C(C)[C@@H](OC(=O)[C@H](O)[C@@H](NC(=O)OC(C)(C)C)c4ccc(N(C)C)cc4)C[C@@](O)([C@@H](OC(=O)c4ccccc4)[C@H]21)C3(C)C. The third-order valence-electron chi connectivity index (χ3n) is 13.2. The number of ketones is 1. The summed E-state index contributed by atoms with van der Waals surface area (Å²) in [5, 5.41) is 51.9. The molecule has 1 aliphatic heterocycles. The zero-order chi connectivity index (χ0) is 45.2. The summed E-state index contributed by atoms with van der Waals surface area (Å²) in [5.74, 6) is -5.38. The van der Waals surface area contributed by atoms with Gasteiger partial charge < -0.3 is 54.3 Å². The Bertz CT molecular complexity index is 2080. The first-order valence-electron chi connectivity index (χ1n) is 20.4. The summed E-state index contributed by atoms with van der Waals surface area (Å²) in [6.45, 7) is 11.8. The van der Waals surface area contributed by atoms with E-state index in [1.165, 1.54) is 26.0 Å². The number of fused-ring (bicyclic) bond motifs is 5. The molecule has 1 saturated heterocycles. The standard InChI is InChI=1S/C45H58N2O14/c1-23-28(58-39(54)34(51)32(46-40(55)61-41(3,4)5)25-16-18-27(19-17-25)47(9)10)21-45(56)37(59-38(53)26-14-12-11-13-15-26)35-43(8,36(52)33(50)31(23)42(45,6)7)29(49)20-30-44(35,22-57-30)60-24(2)48/h11-19,28-30,32-35,37,49-51,56H,20-22H2,1-10H3,(H,46,55)/t28-,29-,30+,32-,33+,34+,35-,37-,43+,44-,45+/m0/s1. The third kappa shape index (κ3) is 7.81. The number of esters is 3. The van der Waals surface area contributed by atoms with Gasteiger partial charge in [-0.25, -0.2) is 14.4 Å². The van der Waals surface area contributed by atoms with Crippen molar-refractivity contribution in [1.82, 2.24) is 5.32 Å². The second kappa shape index (κ2) is 16.1. The van der Waals surface area contributed by atoms with Crippen LogP contribution < -0.4 is 10.2 Å². The highest BCUT2D eigenvalue weighted by Gasteiger charge is 2.78. The van der Waals surface area contributed by atoms with E-state index < -0.39 is 112 Å². The maximum absolute atomic E-state index is 15.0. The molecule has 0 aromatic heterocycles. The van der Waals surface area contributed by atoms with Crippen molar-refractivity contribution in [3.05, 3.63) is 76.9 Å². The van der Waals surface area contributed by atoms with Crippen molar-refractivity contribution >= 4 is 35.5 Å². The fraction of sp³-hybridized carbons (Fsp3) is 0.578. The second-order valence-corrected chi connectivity index (χ2v) is 18.6. The van der Waals surface area contributed by atoms with Gasteiger partial charge >= 0.3 is 24.0 Å². The van der Waals surface area contributed by atoms with E-state index in [9.17, 15) is 39.6 Å². The van der Waals surface area contributed by atoms with Crippen LogP contribution in [0.3, 0.4) is 0 Å². The van der Waals surface area contributed by atoms with Crippen molar-refractivity contribution in [3.63, 3.8) is 0 Å². The first-order valence-corrected chi connectivity index (χ1v) is 20.4. The van der Waals surface area contributed by atoms with E-state index >= 15 is 4.79 Å². The molecule has 2 aromatic carbocycles. The number of aliphatic hydroxyl groups is 4. The van der Waals surface area contributed by atoms with Gasteiger partial charge in [-0.15, -0.1) is 0 Å². The number of carbonyl (C=O) groups is 5. The number of nitrogens with zero attached hydrogens (tertiary/aromatic N) is 1. The van der Waals surface area contributed by atoms with Crippen molar-refractivity contribution in [1.29, 1.82) is 0 Å². The number of rotatable bonds is 9. The summed E-state index contributed by atoms with van der Waals surface area (Å²) in [6.07, 6.45) is -11.6. The number of hydrogen-bond donors (Lipinski definition) is 5. The lowest BCUT2D eigenvalue weighted by atomic mass is 9.44. The molecule has 11 atom stereocenters. The van der Waals surface area contributed by atoms with Crippen LogP contribution in [-0.2, 0) is 38.1 Å². The maximum Gasteiger partial charge on any atom is 0.408 e. The number of aliphatic hydroxyl groups excluding tert-OH is 3. The Morgan fingerprint density at radius 2 is 1.59 bits per heavy atom. The van der Waals surface area contributed by atoms with Crippen LogP contribution in [-0.4, -0.2) is 124 Å². The molecular formula is C45H58N2O14. The van der Waals surface area contributed by atoms with Crippen molar-refractivity contribution in [2.45, 2.75) is 128 Å². The summed E-state index contributed by atoms with van der Waals surface area (Å²) in [4.78, 5) is 71.2. The van der Waals surface area contributed by atoms with Crippen molar-refractivity contribution in [2.75, 3.05) is 25.6 Å². The van der Waals surface area contributed by atoms with Gasteiger partial charge in [0.05, 0.1) is 35.6 Å². The minimum atomic E-state index is -2.36. The van der Waals surface area contributed by atoms with E-state index in [0.29, 0.717) is 5.56 Å². The first kappa shape index (κ1) is 45.7. The Hall–Kier alpha value is -4.87. The smallest absolute Gasteiger partial charge is 0.408 e. The van der Waals surface area contributed by atoms with E-state index in [4.69, 9.17) is 23.7 Å². The van der Waals surface area contributed by atoms with Gasteiger partial charge in [0.15, 0.2) is 17.5 Å². The molecule has 1 heterocycles. The van der Waals surface area contributed by atoms with E-state index in [1.807, 2.05) is 19.0 Å². The molecule has 0 spiro atoms. The number of ether oxygens (including phenoxy) is 5. The van der Waals surface area contributed by atoms with Crippen LogP contribution in [0, 0.1) is 16.7 Å². The van der Waals surface area contributed by atoms with Crippen LogP contribution in [0.2, 0.25) is 0 Å². The molecule has 0 unspecified atom stereocenters. The molecule has 1 amide bonds. The molecular weight excluding hydrogens is 792 g/mol. The molecule has 2 bridgehead atoms. The lowest BCUT2D eigenvalue weighted by Crippen LogP contribution is -2.81. The number of anilines is 1. The topological polar surface area (TPSA) is 228 Å². The van der Waals surface area contributed by atoms with Crippen LogP contribution in [0.25, 0.3) is 0 Å². The number of hydrogen-bond acceptors (Lipinski definition) is 15. The lowest BCUT2D eigenvalue weighted by Gasteiger charge is -2.67. The molecule has 4 aliphatic rings. The molecule has 2 saturated carbocycles. The molecule has 61 heavy (non-hydrogen) atoms. The summed E-state index contributed by atoms with van der Waals surface area (Å²) in [7, 11) is 3.66. The third-order valence-corrected chi connectivity index (χ3v) is 13.2. The van der Waals surface area contributed by atoms with Crippen LogP contribution in [0.5, 0.6) is 0 Å². The molecule has 3 aliphatic carbocycles.